The molecule has 108 valence electrons. The number of nitroso groups, excluding NO2 is 1. The average molecular weight is 273 g/mol. The highest BCUT2D eigenvalue weighted by Gasteiger charge is 2.00. The fourth-order valence-corrected chi connectivity index (χ4v) is 1.39. The Morgan fingerprint density at radius 2 is 1.40 bits per heavy atom. The molecule has 4 heteroatoms. The first-order valence-electron chi connectivity index (χ1n) is 6.96. The molecule has 0 radical (unpaired) electrons. The number of rotatable bonds is 3. The van der Waals surface area contributed by atoms with Gasteiger partial charge in [0.2, 0.25) is 0 Å². The van der Waals surface area contributed by atoms with Gasteiger partial charge in [-0.05, 0) is 12.5 Å². The second kappa shape index (κ2) is 10.8. The van der Waals surface area contributed by atoms with Crippen LogP contribution < -0.4 is 0 Å². The summed E-state index contributed by atoms with van der Waals surface area (Å²) < 4.78 is 0. The molecule has 0 atom stereocenters. The highest BCUT2D eigenvalue weighted by molar-refractivity contribution is 5.61. The van der Waals surface area contributed by atoms with Crippen LogP contribution in [0, 0.1) is 11.8 Å². The number of hydrogen-bond donors (Lipinski definition) is 0. The SMILES string of the molecule is CC.CC.Cc1ccc(-c2cnc(CN=O)nc2)cc1. The lowest BCUT2D eigenvalue weighted by molar-refractivity contribution is 0.904. The van der Waals surface area contributed by atoms with Gasteiger partial charge in [-0.3, -0.25) is 0 Å². The van der Waals surface area contributed by atoms with E-state index in [1.807, 2.05) is 58.9 Å². The first kappa shape index (κ1) is 17.9. The summed E-state index contributed by atoms with van der Waals surface area (Å²) in [4.78, 5) is 18.2. The van der Waals surface area contributed by atoms with Gasteiger partial charge in [0.25, 0.3) is 0 Å². The van der Waals surface area contributed by atoms with Crippen LogP contribution in [0.2, 0.25) is 0 Å². The number of benzene rings is 1. The van der Waals surface area contributed by atoms with E-state index in [-0.39, 0.29) is 6.54 Å². The van der Waals surface area contributed by atoms with Gasteiger partial charge in [0.05, 0.1) is 0 Å². The molecule has 0 aliphatic carbocycles. The van der Waals surface area contributed by atoms with Crippen molar-refractivity contribution in [3.63, 3.8) is 0 Å². The van der Waals surface area contributed by atoms with E-state index in [2.05, 4.69) is 15.1 Å². The number of aryl methyl sites for hydroxylation is 1. The topological polar surface area (TPSA) is 55.2 Å². The molecule has 0 aliphatic rings. The molecule has 1 aromatic heterocycles. The fraction of sp³-hybridized carbons (Fsp3) is 0.375. The van der Waals surface area contributed by atoms with E-state index in [4.69, 9.17) is 0 Å². The van der Waals surface area contributed by atoms with Gasteiger partial charge in [0.15, 0.2) is 5.82 Å². The standard InChI is InChI=1S/C12H11N3O.2C2H6/c1-9-2-4-10(5-3-9)11-6-13-12(8-15-16)14-7-11;2*1-2/h2-7H,8H2,1H3;2*1-2H3. The minimum atomic E-state index is 0.0220. The lowest BCUT2D eigenvalue weighted by Crippen LogP contribution is -1.92. The summed E-state index contributed by atoms with van der Waals surface area (Å²) in [5.41, 5.74) is 3.22. The lowest BCUT2D eigenvalue weighted by atomic mass is 10.1. The summed E-state index contributed by atoms with van der Waals surface area (Å²) in [5, 5.41) is 2.74. The van der Waals surface area contributed by atoms with Crippen molar-refractivity contribution in [2.75, 3.05) is 0 Å². The van der Waals surface area contributed by atoms with E-state index in [9.17, 15) is 4.91 Å². The third-order valence-electron chi connectivity index (χ3n) is 2.30. The highest BCUT2D eigenvalue weighted by atomic mass is 16.3. The molecule has 0 spiro atoms. The van der Waals surface area contributed by atoms with Crippen LogP contribution in [-0.4, -0.2) is 9.97 Å². The van der Waals surface area contributed by atoms with Gasteiger partial charge in [-0.25, -0.2) is 9.97 Å². The number of hydrogen-bond acceptors (Lipinski definition) is 4. The van der Waals surface area contributed by atoms with Crippen LogP contribution in [0.1, 0.15) is 39.1 Å². The molecule has 0 amide bonds. The van der Waals surface area contributed by atoms with E-state index in [0.29, 0.717) is 5.82 Å². The minimum Gasteiger partial charge on any atom is -0.239 e. The molecule has 0 aliphatic heterocycles. The van der Waals surface area contributed by atoms with Gasteiger partial charge in [-0.2, -0.15) is 4.91 Å². The van der Waals surface area contributed by atoms with Crippen LogP contribution >= 0.6 is 0 Å². The average Bonchev–Trinajstić information content (AvgIpc) is 2.53. The Balaban J connectivity index is 0.000000829. The summed E-state index contributed by atoms with van der Waals surface area (Å²) in [6.07, 6.45) is 3.41. The maximum atomic E-state index is 10.0. The highest BCUT2D eigenvalue weighted by Crippen LogP contribution is 2.17. The summed E-state index contributed by atoms with van der Waals surface area (Å²) in [6.45, 7) is 10.1. The molecule has 4 nitrogen and oxygen atoms in total. The number of nitrogens with zero attached hydrogens (tertiary/aromatic N) is 3. The zero-order chi connectivity index (χ0) is 15.4. The van der Waals surface area contributed by atoms with Crippen LogP contribution in [-0.2, 0) is 6.54 Å². The Morgan fingerprint density at radius 1 is 0.900 bits per heavy atom. The Kier molecular flexibility index (Phi) is 9.66. The van der Waals surface area contributed by atoms with Crippen molar-refractivity contribution in [2.45, 2.75) is 41.2 Å². The molecule has 0 unspecified atom stereocenters. The van der Waals surface area contributed by atoms with Crippen molar-refractivity contribution in [3.8, 4) is 11.1 Å². The van der Waals surface area contributed by atoms with Crippen LogP contribution in [0.15, 0.2) is 41.8 Å². The Morgan fingerprint density at radius 3 is 1.85 bits per heavy atom. The molecular formula is C16H23N3O. The zero-order valence-electron chi connectivity index (χ0n) is 12.9. The van der Waals surface area contributed by atoms with Gasteiger partial charge in [-0.1, -0.05) is 62.7 Å². The van der Waals surface area contributed by atoms with E-state index >= 15 is 0 Å². The van der Waals surface area contributed by atoms with E-state index in [1.54, 1.807) is 12.4 Å². The fourth-order valence-electron chi connectivity index (χ4n) is 1.39. The van der Waals surface area contributed by atoms with Crippen LogP contribution in [0.4, 0.5) is 0 Å². The molecule has 2 aromatic rings. The Hall–Kier alpha value is -2.10. The molecular weight excluding hydrogens is 250 g/mol. The maximum Gasteiger partial charge on any atom is 0.153 e. The largest absolute Gasteiger partial charge is 0.239 e. The molecule has 2 rings (SSSR count). The van der Waals surface area contributed by atoms with Crippen LogP contribution in [0.25, 0.3) is 11.1 Å². The van der Waals surface area contributed by atoms with Crippen molar-refractivity contribution in [3.05, 3.63) is 53.0 Å². The predicted octanol–water partition coefficient (Wildman–Crippen LogP) is 4.77. The van der Waals surface area contributed by atoms with E-state index in [1.165, 1.54) is 5.56 Å². The molecule has 1 aromatic carbocycles. The molecule has 20 heavy (non-hydrogen) atoms. The van der Waals surface area contributed by atoms with Crippen LogP contribution in [0.3, 0.4) is 0 Å². The first-order valence-corrected chi connectivity index (χ1v) is 6.96. The van der Waals surface area contributed by atoms with Crippen molar-refractivity contribution in [1.29, 1.82) is 0 Å². The molecule has 1 heterocycles. The maximum absolute atomic E-state index is 10.0. The predicted molar refractivity (Wildman–Crippen MR) is 84.4 cm³/mol. The van der Waals surface area contributed by atoms with Crippen molar-refractivity contribution in [2.24, 2.45) is 5.18 Å². The monoisotopic (exact) mass is 273 g/mol. The Labute approximate surface area is 121 Å². The third-order valence-corrected chi connectivity index (χ3v) is 2.30. The molecule has 0 saturated heterocycles. The van der Waals surface area contributed by atoms with Gasteiger partial charge < -0.3 is 0 Å². The Bertz CT molecular complexity index is 478. The molecule has 0 saturated carbocycles. The summed E-state index contributed by atoms with van der Waals surface area (Å²) in [5.74, 6) is 0.450. The van der Waals surface area contributed by atoms with Crippen molar-refractivity contribution >= 4 is 0 Å². The number of aromatic nitrogens is 2. The minimum absolute atomic E-state index is 0.0220. The summed E-state index contributed by atoms with van der Waals surface area (Å²) in [7, 11) is 0. The second-order valence-corrected chi connectivity index (χ2v) is 3.54. The smallest absolute Gasteiger partial charge is 0.153 e. The van der Waals surface area contributed by atoms with E-state index in [0.717, 1.165) is 11.1 Å². The van der Waals surface area contributed by atoms with Gasteiger partial charge in [0, 0.05) is 18.0 Å². The third kappa shape index (κ3) is 5.69. The molecule has 0 N–H and O–H groups in total. The van der Waals surface area contributed by atoms with Crippen molar-refractivity contribution in [1.82, 2.24) is 9.97 Å². The van der Waals surface area contributed by atoms with Gasteiger partial charge in [-0.15, -0.1) is 0 Å². The normalized spacial score (nSPS) is 8.65. The summed E-state index contributed by atoms with van der Waals surface area (Å²) >= 11 is 0. The van der Waals surface area contributed by atoms with Crippen molar-refractivity contribution < 1.29 is 0 Å². The second-order valence-electron chi connectivity index (χ2n) is 3.54. The lowest BCUT2D eigenvalue weighted by Gasteiger charge is -2.01. The molecule has 0 fully saturated rings. The van der Waals surface area contributed by atoms with Gasteiger partial charge in [0.1, 0.15) is 6.54 Å². The molecule has 0 bridgehead atoms. The van der Waals surface area contributed by atoms with E-state index < -0.39 is 0 Å². The quantitative estimate of drug-likeness (QED) is 0.757. The van der Waals surface area contributed by atoms with Crippen LogP contribution in [0.5, 0.6) is 0 Å². The zero-order valence-corrected chi connectivity index (χ0v) is 12.9. The van der Waals surface area contributed by atoms with Gasteiger partial charge >= 0.3 is 0 Å². The first-order chi connectivity index (χ1) is 9.79. The summed E-state index contributed by atoms with van der Waals surface area (Å²) in [6, 6.07) is 8.11.